The minimum atomic E-state index is 0.517. The maximum atomic E-state index is 5.85. The molecule has 0 aliphatic heterocycles. The third kappa shape index (κ3) is 1.55. The van der Waals surface area contributed by atoms with Crippen LogP contribution < -0.4 is 0 Å². The summed E-state index contributed by atoms with van der Waals surface area (Å²) in [4.78, 5) is 0. The molecule has 0 aliphatic carbocycles. The van der Waals surface area contributed by atoms with Crippen molar-refractivity contribution in [2.45, 2.75) is 6.92 Å². The molecule has 3 nitrogen and oxygen atoms in total. The van der Waals surface area contributed by atoms with E-state index >= 15 is 0 Å². The van der Waals surface area contributed by atoms with Gasteiger partial charge in [0, 0.05) is 0 Å². The third-order valence-corrected chi connectivity index (χ3v) is 2.04. The molecule has 1 aromatic carbocycles. The van der Waals surface area contributed by atoms with Crippen LogP contribution in [0.25, 0.3) is 5.69 Å². The first-order chi connectivity index (χ1) is 6.27. The molecule has 66 valence electrons. The molecule has 1 heterocycles. The standard InChI is InChI=1S/C9H8ClN3/c1-7-2-4-8(5-3-7)13-9(10)6-11-12-13/h2-6H,1H3. The van der Waals surface area contributed by atoms with E-state index in [1.54, 1.807) is 4.68 Å². The SMILES string of the molecule is Cc1ccc(-n2nncc2Cl)cc1. The lowest BCUT2D eigenvalue weighted by atomic mass is 10.2. The highest BCUT2D eigenvalue weighted by molar-refractivity contribution is 6.29. The lowest BCUT2D eigenvalue weighted by Crippen LogP contribution is -1.96. The highest BCUT2D eigenvalue weighted by Crippen LogP contribution is 2.13. The van der Waals surface area contributed by atoms with Gasteiger partial charge in [0.15, 0.2) is 5.15 Å². The Balaban J connectivity index is 2.47. The summed E-state index contributed by atoms with van der Waals surface area (Å²) >= 11 is 5.85. The van der Waals surface area contributed by atoms with Crippen LogP contribution in [-0.2, 0) is 0 Å². The van der Waals surface area contributed by atoms with Crippen molar-refractivity contribution in [2.75, 3.05) is 0 Å². The van der Waals surface area contributed by atoms with Crippen LogP contribution in [0.15, 0.2) is 30.5 Å². The molecule has 0 bridgehead atoms. The Morgan fingerprint density at radius 2 is 1.92 bits per heavy atom. The summed E-state index contributed by atoms with van der Waals surface area (Å²) in [7, 11) is 0. The van der Waals surface area contributed by atoms with E-state index in [0.717, 1.165) is 5.69 Å². The molecule has 0 aliphatic rings. The number of halogens is 1. The molecule has 0 N–H and O–H groups in total. The van der Waals surface area contributed by atoms with Crippen molar-refractivity contribution in [3.05, 3.63) is 41.2 Å². The molecule has 0 unspecified atom stereocenters. The van der Waals surface area contributed by atoms with Crippen LogP contribution in [0.5, 0.6) is 0 Å². The maximum Gasteiger partial charge on any atom is 0.153 e. The van der Waals surface area contributed by atoms with Crippen LogP contribution in [0.3, 0.4) is 0 Å². The van der Waals surface area contributed by atoms with Crippen LogP contribution in [-0.4, -0.2) is 15.0 Å². The summed E-state index contributed by atoms with van der Waals surface area (Å²) in [5.41, 5.74) is 2.13. The Bertz CT molecular complexity index is 405. The molecule has 0 radical (unpaired) electrons. The van der Waals surface area contributed by atoms with E-state index in [9.17, 15) is 0 Å². The van der Waals surface area contributed by atoms with E-state index in [-0.39, 0.29) is 0 Å². The van der Waals surface area contributed by atoms with Gasteiger partial charge in [0.05, 0.1) is 11.9 Å². The maximum absolute atomic E-state index is 5.85. The number of nitrogens with zero attached hydrogens (tertiary/aromatic N) is 3. The molecule has 1 aromatic heterocycles. The first kappa shape index (κ1) is 8.26. The van der Waals surface area contributed by atoms with Crippen LogP contribution >= 0.6 is 11.6 Å². The molecule has 0 spiro atoms. The van der Waals surface area contributed by atoms with Gasteiger partial charge in [-0.2, -0.15) is 0 Å². The van der Waals surface area contributed by atoms with E-state index in [1.165, 1.54) is 11.8 Å². The first-order valence-electron chi connectivity index (χ1n) is 3.90. The largest absolute Gasteiger partial charge is 0.202 e. The highest BCUT2D eigenvalue weighted by Gasteiger charge is 2.01. The second kappa shape index (κ2) is 3.18. The van der Waals surface area contributed by atoms with Crippen molar-refractivity contribution in [1.29, 1.82) is 0 Å². The number of hydrogen-bond acceptors (Lipinski definition) is 2. The molecular weight excluding hydrogens is 186 g/mol. The van der Waals surface area contributed by atoms with Gasteiger partial charge in [-0.25, -0.2) is 4.68 Å². The molecule has 0 fully saturated rings. The number of rotatable bonds is 1. The number of aromatic nitrogens is 3. The van der Waals surface area contributed by atoms with Crippen molar-refractivity contribution in [1.82, 2.24) is 15.0 Å². The number of aryl methyl sites for hydroxylation is 1. The zero-order valence-electron chi connectivity index (χ0n) is 7.11. The Morgan fingerprint density at radius 1 is 1.23 bits per heavy atom. The van der Waals surface area contributed by atoms with Crippen LogP contribution in [0, 0.1) is 6.92 Å². The van der Waals surface area contributed by atoms with Gasteiger partial charge >= 0.3 is 0 Å². The van der Waals surface area contributed by atoms with Crippen LogP contribution in [0.4, 0.5) is 0 Å². The van der Waals surface area contributed by atoms with E-state index in [1.807, 2.05) is 31.2 Å². The lowest BCUT2D eigenvalue weighted by molar-refractivity contribution is 0.803. The van der Waals surface area contributed by atoms with Gasteiger partial charge in [0.25, 0.3) is 0 Å². The molecular formula is C9H8ClN3. The Morgan fingerprint density at radius 3 is 2.46 bits per heavy atom. The molecule has 0 atom stereocenters. The van der Waals surface area contributed by atoms with E-state index in [0.29, 0.717) is 5.15 Å². The van der Waals surface area contributed by atoms with Crippen molar-refractivity contribution in [3.8, 4) is 5.69 Å². The predicted octanol–water partition coefficient (Wildman–Crippen LogP) is 2.23. The second-order valence-corrected chi connectivity index (χ2v) is 3.19. The third-order valence-electron chi connectivity index (χ3n) is 1.79. The Kier molecular flexibility index (Phi) is 2.02. The minimum absolute atomic E-state index is 0.517. The average Bonchev–Trinajstić information content (AvgIpc) is 2.53. The minimum Gasteiger partial charge on any atom is -0.202 e. The summed E-state index contributed by atoms with van der Waals surface area (Å²) in [6.45, 7) is 2.03. The summed E-state index contributed by atoms with van der Waals surface area (Å²) in [6, 6.07) is 7.92. The van der Waals surface area contributed by atoms with Gasteiger partial charge in [-0.15, -0.1) is 5.10 Å². The van der Waals surface area contributed by atoms with Crippen molar-refractivity contribution < 1.29 is 0 Å². The van der Waals surface area contributed by atoms with Crippen molar-refractivity contribution in [2.24, 2.45) is 0 Å². The molecule has 13 heavy (non-hydrogen) atoms. The fourth-order valence-corrected chi connectivity index (χ4v) is 1.26. The molecule has 4 heteroatoms. The second-order valence-electron chi connectivity index (χ2n) is 2.80. The number of benzene rings is 1. The van der Waals surface area contributed by atoms with Crippen LogP contribution in [0.2, 0.25) is 5.15 Å². The molecule has 0 saturated heterocycles. The topological polar surface area (TPSA) is 30.7 Å². The van der Waals surface area contributed by atoms with Gasteiger partial charge in [0.1, 0.15) is 0 Å². The van der Waals surface area contributed by atoms with Gasteiger partial charge in [-0.05, 0) is 19.1 Å². The van der Waals surface area contributed by atoms with Crippen molar-refractivity contribution >= 4 is 11.6 Å². The summed E-state index contributed by atoms with van der Waals surface area (Å²) in [6.07, 6.45) is 1.52. The molecule has 0 saturated carbocycles. The van der Waals surface area contributed by atoms with Gasteiger partial charge < -0.3 is 0 Å². The lowest BCUT2D eigenvalue weighted by Gasteiger charge is -2.00. The average molecular weight is 194 g/mol. The number of hydrogen-bond donors (Lipinski definition) is 0. The zero-order chi connectivity index (χ0) is 9.26. The normalized spacial score (nSPS) is 10.3. The molecule has 0 amide bonds. The predicted molar refractivity (Wildman–Crippen MR) is 51.1 cm³/mol. The smallest absolute Gasteiger partial charge is 0.153 e. The van der Waals surface area contributed by atoms with E-state index < -0.39 is 0 Å². The van der Waals surface area contributed by atoms with Gasteiger partial charge in [0.2, 0.25) is 0 Å². The fraction of sp³-hybridized carbons (Fsp3) is 0.111. The van der Waals surface area contributed by atoms with Crippen LogP contribution in [0.1, 0.15) is 5.56 Å². The first-order valence-corrected chi connectivity index (χ1v) is 4.28. The van der Waals surface area contributed by atoms with Crippen molar-refractivity contribution in [3.63, 3.8) is 0 Å². The molecule has 2 aromatic rings. The summed E-state index contributed by atoms with van der Waals surface area (Å²) < 4.78 is 1.58. The Labute approximate surface area is 81.0 Å². The monoisotopic (exact) mass is 193 g/mol. The highest BCUT2D eigenvalue weighted by atomic mass is 35.5. The summed E-state index contributed by atoms with van der Waals surface area (Å²) in [5.74, 6) is 0. The zero-order valence-corrected chi connectivity index (χ0v) is 7.86. The fourth-order valence-electron chi connectivity index (χ4n) is 1.08. The Hall–Kier alpha value is -1.35. The summed E-state index contributed by atoms with van der Waals surface area (Å²) in [5, 5.41) is 8.07. The quantitative estimate of drug-likeness (QED) is 0.696. The van der Waals surface area contributed by atoms with Gasteiger partial charge in [-0.3, -0.25) is 0 Å². The van der Waals surface area contributed by atoms with E-state index in [4.69, 9.17) is 11.6 Å². The molecule has 2 rings (SSSR count). The van der Waals surface area contributed by atoms with Gasteiger partial charge in [-0.1, -0.05) is 34.5 Å². The van der Waals surface area contributed by atoms with E-state index in [2.05, 4.69) is 10.3 Å².